The summed E-state index contributed by atoms with van der Waals surface area (Å²) in [4.78, 5) is 10.9. The lowest BCUT2D eigenvalue weighted by molar-refractivity contribution is 0.0691. The van der Waals surface area contributed by atoms with Crippen LogP contribution in [0.15, 0.2) is 24.4 Å². The number of carboxylic acid groups (broad SMARTS) is 1. The maximum Gasteiger partial charge on any atom is 0.358 e. The van der Waals surface area contributed by atoms with Crippen LogP contribution in [0.5, 0.6) is 0 Å². The number of hydrogen-bond donors (Lipinski definition) is 2. The molecule has 1 aromatic heterocycles. The van der Waals surface area contributed by atoms with Crippen LogP contribution in [-0.4, -0.2) is 20.9 Å². The van der Waals surface area contributed by atoms with Crippen molar-refractivity contribution in [3.63, 3.8) is 0 Å². The van der Waals surface area contributed by atoms with Crippen molar-refractivity contribution in [3.05, 3.63) is 41.2 Å². The Labute approximate surface area is 103 Å². The van der Waals surface area contributed by atoms with Crippen molar-refractivity contribution in [3.8, 4) is 11.8 Å². The second-order valence-electron chi connectivity index (χ2n) is 3.77. The van der Waals surface area contributed by atoms with Crippen LogP contribution in [0.2, 0.25) is 0 Å². The first kappa shape index (κ1) is 11.7. The third-order valence-electron chi connectivity index (χ3n) is 2.53. The van der Waals surface area contributed by atoms with Crippen LogP contribution >= 0.6 is 0 Å². The number of aromatic carboxylic acids is 1. The van der Waals surface area contributed by atoms with Crippen LogP contribution in [-0.2, 0) is 0 Å². The Kier molecular flexibility index (Phi) is 2.73. The second kappa shape index (κ2) is 4.22. The van der Waals surface area contributed by atoms with Gasteiger partial charge in [0.1, 0.15) is 6.07 Å². The van der Waals surface area contributed by atoms with E-state index in [-0.39, 0.29) is 11.4 Å². The first-order chi connectivity index (χ1) is 8.54. The highest BCUT2D eigenvalue weighted by Gasteiger charge is 2.16. The lowest BCUT2D eigenvalue weighted by atomic mass is 10.1. The molecule has 3 N–H and O–H groups in total. The number of anilines is 1. The molecule has 2 aromatic rings. The largest absolute Gasteiger partial charge is 0.476 e. The summed E-state index contributed by atoms with van der Waals surface area (Å²) in [6.45, 7) is 1.81. The molecule has 0 bridgehead atoms. The van der Waals surface area contributed by atoms with Crippen molar-refractivity contribution < 1.29 is 9.90 Å². The van der Waals surface area contributed by atoms with E-state index in [1.165, 1.54) is 10.9 Å². The third kappa shape index (κ3) is 1.78. The molecular formula is C12H10N4O2. The van der Waals surface area contributed by atoms with Crippen LogP contribution in [0.25, 0.3) is 5.69 Å². The molecule has 0 aliphatic rings. The Morgan fingerprint density at radius 3 is 2.83 bits per heavy atom. The number of nitrogens with two attached hydrogens (primary N) is 1. The molecule has 90 valence electrons. The predicted molar refractivity (Wildman–Crippen MR) is 64.4 cm³/mol. The van der Waals surface area contributed by atoms with Gasteiger partial charge in [-0.1, -0.05) is 12.1 Å². The minimum absolute atomic E-state index is 0.0645. The van der Waals surface area contributed by atoms with Gasteiger partial charge in [-0.05, 0) is 18.6 Å². The SMILES string of the molecule is Cc1cccc(C#N)c1-n1cc(N)c(C(=O)O)n1. The summed E-state index contributed by atoms with van der Waals surface area (Å²) >= 11 is 0. The first-order valence-electron chi connectivity index (χ1n) is 5.13. The van der Waals surface area contributed by atoms with Gasteiger partial charge in [-0.25, -0.2) is 9.48 Å². The zero-order chi connectivity index (χ0) is 13.3. The summed E-state index contributed by atoms with van der Waals surface area (Å²) in [5.74, 6) is -1.20. The molecule has 0 spiro atoms. The molecule has 6 nitrogen and oxygen atoms in total. The number of para-hydroxylation sites is 1. The Hall–Kier alpha value is -2.81. The second-order valence-corrected chi connectivity index (χ2v) is 3.77. The van der Waals surface area contributed by atoms with Crippen LogP contribution in [0.1, 0.15) is 21.6 Å². The number of hydrogen-bond acceptors (Lipinski definition) is 4. The van der Waals surface area contributed by atoms with Crippen molar-refractivity contribution in [2.75, 3.05) is 5.73 Å². The standard InChI is InChI=1S/C12H10N4O2/c1-7-3-2-4-8(5-13)11(7)16-6-9(14)10(15-16)12(17)18/h2-4,6H,14H2,1H3,(H,17,18). The normalized spacial score (nSPS) is 10.0. The monoisotopic (exact) mass is 242 g/mol. The maximum absolute atomic E-state index is 10.9. The fourth-order valence-electron chi connectivity index (χ4n) is 1.72. The Bertz CT molecular complexity index is 667. The zero-order valence-corrected chi connectivity index (χ0v) is 9.58. The van der Waals surface area contributed by atoms with Gasteiger partial charge in [-0.3, -0.25) is 0 Å². The summed E-state index contributed by atoms with van der Waals surface area (Å²) in [5, 5.41) is 21.8. The number of carboxylic acids is 1. The van der Waals surface area contributed by atoms with Crippen molar-refractivity contribution >= 4 is 11.7 Å². The summed E-state index contributed by atoms with van der Waals surface area (Å²) in [5.41, 5.74) is 7.18. The molecule has 0 saturated carbocycles. The van der Waals surface area contributed by atoms with Crippen molar-refractivity contribution in [1.82, 2.24) is 9.78 Å². The molecule has 18 heavy (non-hydrogen) atoms. The van der Waals surface area contributed by atoms with Gasteiger partial charge in [0.2, 0.25) is 0 Å². The van der Waals surface area contributed by atoms with E-state index in [0.29, 0.717) is 11.3 Å². The minimum atomic E-state index is -1.20. The van der Waals surface area contributed by atoms with E-state index in [0.717, 1.165) is 5.56 Å². The number of nitrogen functional groups attached to an aromatic ring is 1. The lowest BCUT2D eigenvalue weighted by Gasteiger charge is -2.07. The molecule has 2 rings (SSSR count). The number of carbonyl (C=O) groups is 1. The molecule has 1 aromatic carbocycles. The molecular weight excluding hydrogens is 232 g/mol. The number of nitriles is 1. The van der Waals surface area contributed by atoms with E-state index < -0.39 is 5.97 Å². The fourth-order valence-corrected chi connectivity index (χ4v) is 1.72. The Morgan fingerprint density at radius 1 is 1.56 bits per heavy atom. The highest BCUT2D eigenvalue weighted by atomic mass is 16.4. The van der Waals surface area contributed by atoms with Crippen molar-refractivity contribution in [1.29, 1.82) is 5.26 Å². The van der Waals surface area contributed by atoms with Gasteiger partial charge in [0.25, 0.3) is 0 Å². The number of aryl methyl sites for hydroxylation is 1. The molecule has 6 heteroatoms. The number of nitrogens with zero attached hydrogens (tertiary/aromatic N) is 3. The average Bonchev–Trinajstić information content (AvgIpc) is 2.70. The average molecular weight is 242 g/mol. The van der Waals surface area contributed by atoms with Gasteiger partial charge in [0.05, 0.1) is 23.1 Å². The highest BCUT2D eigenvalue weighted by molar-refractivity contribution is 5.91. The van der Waals surface area contributed by atoms with Crippen LogP contribution in [0.4, 0.5) is 5.69 Å². The van der Waals surface area contributed by atoms with E-state index in [2.05, 4.69) is 5.10 Å². The number of benzene rings is 1. The van der Waals surface area contributed by atoms with Gasteiger partial charge in [0.15, 0.2) is 5.69 Å². The molecule has 0 aliphatic carbocycles. The molecule has 0 saturated heterocycles. The minimum Gasteiger partial charge on any atom is -0.476 e. The van der Waals surface area contributed by atoms with Crippen LogP contribution < -0.4 is 5.73 Å². The number of rotatable bonds is 2. The van der Waals surface area contributed by atoms with E-state index in [4.69, 9.17) is 16.1 Å². The molecule has 0 atom stereocenters. The topological polar surface area (TPSA) is 105 Å². The smallest absolute Gasteiger partial charge is 0.358 e. The zero-order valence-electron chi connectivity index (χ0n) is 9.58. The van der Waals surface area contributed by atoms with Crippen LogP contribution in [0, 0.1) is 18.3 Å². The molecule has 0 fully saturated rings. The number of aromatic nitrogens is 2. The van der Waals surface area contributed by atoms with Gasteiger partial charge in [0, 0.05) is 0 Å². The quantitative estimate of drug-likeness (QED) is 0.826. The summed E-state index contributed by atoms with van der Waals surface area (Å²) in [6.07, 6.45) is 1.40. The van der Waals surface area contributed by atoms with Crippen molar-refractivity contribution in [2.45, 2.75) is 6.92 Å². The van der Waals surface area contributed by atoms with E-state index in [9.17, 15) is 4.79 Å². The molecule has 1 heterocycles. The van der Waals surface area contributed by atoms with Crippen molar-refractivity contribution in [2.24, 2.45) is 0 Å². The highest BCUT2D eigenvalue weighted by Crippen LogP contribution is 2.20. The Morgan fingerprint density at radius 2 is 2.28 bits per heavy atom. The predicted octanol–water partition coefficient (Wildman–Crippen LogP) is 1.33. The van der Waals surface area contributed by atoms with E-state index in [1.54, 1.807) is 12.1 Å². The summed E-state index contributed by atoms with van der Waals surface area (Å²) in [7, 11) is 0. The maximum atomic E-state index is 10.9. The Balaban J connectivity index is 2.67. The van der Waals surface area contributed by atoms with Gasteiger partial charge >= 0.3 is 5.97 Å². The van der Waals surface area contributed by atoms with E-state index >= 15 is 0 Å². The lowest BCUT2D eigenvalue weighted by Crippen LogP contribution is -2.04. The third-order valence-corrected chi connectivity index (χ3v) is 2.53. The molecule has 0 amide bonds. The molecule has 0 aliphatic heterocycles. The summed E-state index contributed by atoms with van der Waals surface area (Å²) in [6, 6.07) is 7.25. The van der Waals surface area contributed by atoms with Gasteiger partial charge in [-0.2, -0.15) is 10.4 Å². The van der Waals surface area contributed by atoms with Crippen LogP contribution in [0.3, 0.4) is 0 Å². The first-order valence-corrected chi connectivity index (χ1v) is 5.13. The van der Waals surface area contributed by atoms with Gasteiger partial charge in [-0.15, -0.1) is 0 Å². The molecule has 0 radical (unpaired) electrons. The fraction of sp³-hybridized carbons (Fsp3) is 0.0833. The summed E-state index contributed by atoms with van der Waals surface area (Å²) < 4.78 is 1.33. The van der Waals surface area contributed by atoms with E-state index in [1.807, 2.05) is 19.1 Å². The van der Waals surface area contributed by atoms with Gasteiger partial charge < -0.3 is 10.8 Å². The molecule has 0 unspecified atom stereocenters.